The van der Waals surface area contributed by atoms with E-state index in [0.29, 0.717) is 12.8 Å². The third kappa shape index (κ3) is 3.20. The van der Waals surface area contributed by atoms with Crippen LogP contribution in [0.2, 0.25) is 0 Å². The fourth-order valence-electron chi connectivity index (χ4n) is 3.02. The summed E-state index contributed by atoms with van der Waals surface area (Å²) in [7, 11) is 1.93. The average molecular weight is 325 g/mol. The van der Waals surface area contributed by atoms with Crippen molar-refractivity contribution < 1.29 is 9.21 Å². The van der Waals surface area contributed by atoms with Crippen molar-refractivity contribution in [2.75, 3.05) is 0 Å². The number of amides is 1. The van der Waals surface area contributed by atoms with Crippen molar-refractivity contribution in [1.29, 1.82) is 0 Å². The Hall–Kier alpha value is -2.56. The molecule has 0 radical (unpaired) electrons. The van der Waals surface area contributed by atoms with Gasteiger partial charge in [-0.25, -0.2) is 0 Å². The number of nitrogens with zero attached hydrogens (tertiary/aromatic N) is 2. The van der Waals surface area contributed by atoms with Crippen LogP contribution < -0.4 is 5.32 Å². The number of benzene rings is 1. The number of rotatable bonds is 5. The Morgan fingerprint density at radius 1 is 1.33 bits per heavy atom. The van der Waals surface area contributed by atoms with Crippen molar-refractivity contribution in [2.45, 2.75) is 39.7 Å². The van der Waals surface area contributed by atoms with Crippen LogP contribution in [0.4, 0.5) is 0 Å². The molecule has 5 heteroatoms. The van der Waals surface area contributed by atoms with Crippen LogP contribution in [0, 0.1) is 13.8 Å². The first-order valence-corrected chi connectivity index (χ1v) is 8.22. The third-order valence-corrected chi connectivity index (χ3v) is 4.51. The van der Waals surface area contributed by atoms with Crippen molar-refractivity contribution in [1.82, 2.24) is 15.1 Å². The summed E-state index contributed by atoms with van der Waals surface area (Å²) >= 11 is 0. The predicted molar refractivity (Wildman–Crippen MR) is 93.8 cm³/mol. The van der Waals surface area contributed by atoms with E-state index in [2.05, 4.69) is 10.4 Å². The number of furan rings is 1. The number of hydrogen-bond acceptors (Lipinski definition) is 3. The minimum absolute atomic E-state index is 0.0191. The smallest absolute Gasteiger partial charge is 0.220 e. The SMILES string of the molecule is Cc1nn(C)c(C)c1CCC(=O)N[C@H](C)c1cc2ccccc2o1. The Bertz CT molecular complexity index is 843. The lowest BCUT2D eigenvalue weighted by Gasteiger charge is -2.11. The van der Waals surface area contributed by atoms with Crippen LogP contribution in [0.5, 0.6) is 0 Å². The van der Waals surface area contributed by atoms with Gasteiger partial charge in [-0.05, 0) is 44.9 Å². The van der Waals surface area contributed by atoms with Gasteiger partial charge in [0.15, 0.2) is 0 Å². The van der Waals surface area contributed by atoms with Crippen LogP contribution in [-0.4, -0.2) is 15.7 Å². The molecule has 0 saturated heterocycles. The topological polar surface area (TPSA) is 60.1 Å². The van der Waals surface area contributed by atoms with Gasteiger partial charge in [-0.3, -0.25) is 9.48 Å². The van der Waals surface area contributed by atoms with Crippen molar-refractivity contribution in [3.8, 4) is 0 Å². The summed E-state index contributed by atoms with van der Waals surface area (Å²) in [6.07, 6.45) is 1.14. The van der Waals surface area contributed by atoms with Crippen molar-refractivity contribution in [2.24, 2.45) is 7.05 Å². The zero-order valence-electron chi connectivity index (χ0n) is 14.6. The van der Waals surface area contributed by atoms with E-state index >= 15 is 0 Å². The van der Waals surface area contributed by atoms with Gasteiger partial charge in [0.25, 0.3) is 0 Å². The van der Waals surface area contributed by atoms with Crippen LogP contribution in [0.1, 0.15) is 42.1 Å². The molecule has 0 saturated carbocycles. The molecule has 0 aliphatic carbocycles. The van der Waals surface area contributed by atoms with E-state index in [0.717, 1.165) is 33.7 Å². The molecule has 3 rings (SSSR count). The standard InChI is InChI=1S/C19H23N3O2/c1-12-16(14(3)22(4)21-12)9-10-19(23)20-13(2)18-11-15-7-5-6-8-17(15)24-18/h5-8,11,13H,9-10H2,1-4H3,(H,20,23)/t13-/m1/s1. The molecule has 1 atom stereocenters. The average Bonchev–Trinajstić information content (AvgIpc) is 3.08. The Kier molecular flexibility index (Phi) is 4.42. The van der Waals surface area contributed by atoms with Gasteiger partial charge < -0.3 is 9.73 Å². The molecular weight excluding hydrogens is 302 g/mol. The summed E-state index contributed by atoms with van der Waals surface area (Å²) in [5.74, 6) is 0.795. The molecule has 0 aliphatic rings. The molecular formula is C19H23N3O2. The normalized spacial score (nSPS) is 12.5. The molecule has 5 nitrogen and oxygen atoms in total. The predicted octanol–water partition coefficient (Wildman–Crippen LogP) is 3.59. The fraction of sp³-hybridized carbons (Fsp3) is 0.368. The number of carbonyl (C=O) groups excluding carboxylic acids is 1. The molecule has 1 amide bonds. The quantitative estimate of drug-likeness (QED) is 0.780. The van der Waals surface area contributed by atoms with Gasteiger partial charge in [-0.2, -0.15) is 5.10 Å². The summed E-state index contributed by atoms with van der Waals surface area (Å²) in [5, 5.41) is 8.46. The largest absolute Gasteiger partial charge is 0.459 e. The van der Waals surface area contributed by atoms with Gasteiger partial charge in [0.2, 0.25) is 5.91 Å². The number of carbonyl (C=O) groups is 1. The Labute approximate surface area is 141 Å². The Morgan fingerprint density at radius 2 is 2.08 bits per heavy atom. The molecule has 0 unspecified atom stereocenters. The maximum atomic E-state index is 12.3. The minimum Gasteiger partial charge on any atom is -0.459 e. The van der Waals surface area contributed by atoms with Crippen LogP contribution in [0.3, 0.4) is 0 Å². The lowest BCUT2D eigenvalue weighted by molar-refractivity contribution is -0.121. The van der Waals surface area contributed by atoms with E-state index < -0.39 is 0 Å². The van der Waals surface area contributed by atoms with E-state index in [4.69, 9.17) is 4.42 Å². The van der Waals surface area contributed by atoms with E-state index in [1.54, 1.807) is 0 Å². The van der Waals surface area contributed by atoms with Gasteiger partial charge in [0.05, 0.1) is 11.7 Å². The number of aryl methyl sites for hydroxylation is 2. The molecule has 126 valence electrons. The van der Waals surface area contributed by atoms with Gasteiger partial charge in [0.1, 0.15) is 11.3 Å². The first kappa shape index (κ1) is 16.3. The highest BCUT2D eigenvalue weighted by Crippen LogP contribution is 2.23. The van der Waals surface area contributed by atoms with Crippen LogP contribution >= 0.6 is 0 Å². The van der Waals surface area contributed by atoms with Gasteiger partial charge in [0, 0.05) is 24.5 Å². The fourth-order valence-corrected chi connectivity index (χ4v) is 3.02. The summed E-state index contributed by atoms with van der Waals surface area (Å²) in [4.78, 5) is 12.3. The second kappa shape index (κ2) is 6.51. The lowest BCUT2D eigenvalue weighted by atomic mass is 10.1. The van der Waals surface area contributed by atoms with Crippen LogP contribution in [0.25, 0.3) is 11.0 Å². The van der Waals surface area contributed by atoms with E-state index in [1.807, 2.05) is 62.8 Å². The molecule has 24 heavy (non-hydrogen) atoms. The zero-order valence-corrected chi connectivity index (χ0v) is 14.6. The van der Waals surface area contributed by atoms with E-state index in [9.17, 15) is 4.79 Å². The molecule has 3 aromatic rings. The molecule has 0 spiro atoms. The summed E-state index contributed by atoms with van der Waals surface area (Å²) in [6.45, 7) is 5.96. The highest BCUT2D eigenvalue weighted by molar-refractivity contribution is 5.79. The molecule has 0 aliphatic heterocycles. The first-order valence-electron chi connectivity index (χ1n) is 8.22. The lowest BCUT2D eigenvalue weighted by Crippen LogP contribution is -2.26. The number of hydrogen-bond donors (Lipinski definition) is 1. The van der Waals surface area contributed by atoms with Crippen molar-refractivity contribution in [3.05, 3.63) is 53.0 Å². The minimum atomic E-state index is -0.152. The van der Waals surface area contributed by atoms with Crippen molar-refractivity contribution in [3.63, 3.8) is 0 Å². The maximum Gasteiger partial charge on any atom is 0.220 e. The van der Waals surface area contributed by atoms with Crippen LogP contribution in [-0.2, 0) is 18.3 Å². The second-order valence-corrected chi connectivity index (χ2v) is 6.25. The summed E-state index contributed by atoms with van der Waals surface area (Å²) in [6, 6.07) is 9.68. The van der Waals surface area contributed by atoms with Gasteiger partial charge >= 0.3 is 0 Å². The van der Waals surface area contributed by atoms with Crippen LogP contribution in [0.15, 0.2) is 34.7 Å². The monoisotopic (exact) mass is 325 g/mol. The summed E-state index contributed by atoms with van der Waals surface area (Å²) in [5.41, 5.74) is 4.11. The molecule has 2 aromatic heterocycles. The maximum absolute atomic E-state index is 12.3. The second-order valence-electron chi connectivity index (χ2n) is 6.25. The van der Waals surface area contributed by atoms with Crippen molar-refractivity contribution >= 4 is 16.9 Å². The third-order valence-electron chi connectivity index (χ3n) is 4.51. The molecule has 0 fully saturated rings. The molecule has 0 bridgehead atoms. The molecule has 1 N–H and O–H groups in total. The van der Waals surface area contributed by atoms with E-state index in [-0.39, 0.29) is 11.9 Å². The summed E-state index contributed by atoms with van der Waals surface area (Å²) < 4.78 is 7.67. The molecule has 2 heterocycles. The number of nitrogens with one attached hydrogen (secondary N) is 1. The van der Waals surface area contributed by atoms with E-state index in [1.165, 1.54) is 0 Å². The number of para-hydroxylation sites is 1. The van der Waals surface area contributed by atoms with Gasteiger partial charge in [-0.1, -0.05) is 18.2 Å². The number of aromatic nitrogens is 2. The number of fused-ring (bicyclic) bond motifs is 1. The zero-order chi connectivity index (χ0) is 17.3. The Balaban J connectivity index is 1.61. The first-order chi connectivity index (χ1) is 11.5. The highest BCUT2D eigenvalue weighted by Gasteiger charge is 2.16. The highest BCUT2D eigenvalue weighted by atomic mass is 16.3. The Morgan fingerprint density at radius 3 is 2.75 bits per heavy atom. The molecule has 1 aromatic carbocycles. The van der Waals surface area contributed by atoms with Gasteiger partial charge in [-0.15, -0.1) is 0 Å².